The average Bonchev–Trinajstić information content (AvgIpc) is 2.70. The number of halogens is 2. The van der Waals surface area contributed by atoms with E-state index in [1.165, 1.54) is 6.20 Å². The number of hydrogen-bond donors (Lipinski definition) is 1. The third-order valence-corrected chi connectivity index (χ3v) is 2.77. The number of rotatable bonds is 4. The molecule has 0 aliphatic rings. The van der Waals surface area contributed by atoms with Crippen LogP contribution < -0.4 is 5.32 Å². The Balaban J connectivity index is 1.94. The molecular weight excluding hydrogens is 261 g/mol. The van der Waals surface area contributed by atoms with Gasteiger partial charge in [-0.3, -0.25) is 4.68 Å². The summed E-state index contributed by atoms with van der Waals surface area (Å²) < 4.78 is 1.83. The molecule has 0 fully saturated rings. The van der Waals surface area contributed by atoms with Gasteiger partial charge in [-0.2, -0.15) is 10.1 Å². The Bertz CT molecular complexity index is 511. The minimum atomic E-state index is 0.178. The molecule has 1 N–H and O–H groups in total. The molecule has 0 atom stereocenters. The minimum absolute atomic E-state index is 0.178. The molecule has 2 rings (SSSR count). The van der Waals surface area contributed by atoms with Crippen molar-refractivity contribution in [2.45, 2.75) is 6.42 Å². The number of nitrogens with zero attached hydrogens (tertiary/aromatic N) is 4. The summed E-state index contributed by atoms with van der Waals surface area (Å²) in [5, 5.41) is 7.84. The Morgan fingerprint density at radius 1 is 1.41 bits per heavy atom. The zero-order valence-electron chi connectivity index (χ0n) is 9.19. The van der Waals surface area contributed by atoms with Crippen LogP contribution in [-0.4, -0.2) is 26.3 Å². The highest BCUT2D eigenvalue weighted by atomic mass is 35.5. The van der Waals surface area contributed by atoms with E-state index < -0.39 is 0 Å². The lowest BCUT2D eigenvalue weighted by Crippen LogP contribution is -2.09. The molecule has 2 heterocycles. The van der Waals surface area contributed by atoms with Crippen molar-refractivity contribution in [3.63, 3.8) is 0 Å². The van der Waals surface area contributed by atoms with Crippen LogP contribution in [0.4, 0.5) is 5.82 Å². The smallest absolute Gasteiger partial charge is 0.224 e. The molecule has 0 spiro atoms. The van der Waals surface area contributed by atoms with E-state index in [0.717, 1.165) is 12.1 Å². The van der Waals surface area contributed by atoms with Crippen LogP contribution in [0.25, 0.3) is 0 Å². The van der Waals surface area contributed by atoms with E-state index in [0.29, 0.717) is 17.4 Å². The van der Waals surface area contributed by atoms with Crippen molar-refractivity contribution >= 4 is 29.0 Å². The van der Waals surface area contributed by atoms with Gasteiger partial charge in [-0.15, -0.1) is 0 Å². The Morgan fingerprint density at radius 2 is 2.24 bits per heavy atom. The molecule has 0 unspecified atom stereocenters. The lowest BCUT2D eigenvalue weighted by Gasteiger charge is -2.07. The zero-order chi connectivity index (χ0) is 12.3. The first-order chi connectivity index (χ1) is 8.16. The van der Waals surface area contributed by atoms with Crippen LogP contribution in [0, 0.1) is 0 Å². The van der Waals surface area contributed by atoms with E-state index >= 15 is 0 Å². The van der Waals surface area contributed by atoms with Gasteiger partial charge >= 0.3 is 0 Å². The Labute approximate surface area is 109 Å². The van der Waals surface area contributed by atoms with Crippen molar-refractivity contribution < 1.29 is 0 Å². The predicted octanol–water partition coefficient (Wildman–Crippen LogP) is 2.17. The first-order valence-electron chi connectivity index (χ1n) is 5.05. The summed E-state index contributed by atoms with van der Waals surface area (Å²) in [6, 6.07) is 1.97. The van der Waals surface area contributed by atoms with Gasteiger partial charge < -0.3 is 5.32 Å². The number of anilines is 1. The second-order valence-electron chi connectivity index (χ2n) is 3.46. The average molecular weight is 272 g/mol. The van der Waals surface area contributed by atoms with Gasteiger partial charge in [0.1, 0.15) is 10.8 Å². The fraction of sp³-hybridized carbons (Fsp3) is 0.300. The molecule has 0 amide bonds. The predicted molar refractivity (Wildman–Crippen MR) is 67.5 cm³/mol. The van der Waals surface area contributed by atoms with E-state index in [-0.39, 0.29) is 5.28 Å². The van der Waals surface area contributed by atoms with Crippen molar-refractivity contribution in [3.8, 4) is 0 Å². The van der Waals surface area contributed by atoms with Crippen LogP contribution in [0.1, 0.15) is 5.69 Å². The second kappa shape index (κ2) is 5.33. The highest BCUT2D eigenvalue weighted by Gasteiger charge is 2.04. The lowest BCUT2D eigenvalue weighted by atomic mass is 10.3. The fourth-order valence-electron chi connectivity index (χ4n) is 1.43. The van der Waals surface area contributed by atoms with Crippen LogP contribution in [0.15, 0.2) is 18.5 Å². The molecule has 0 saturated heterocycles. The van der Waals surface area contributed by atoms with E-state index in [9.17, 15) is 0 Å². The van der Waals surface area contributed by atoms with E-state index in [2.05, 4.69) is 20.4 Å². The molecule has 2 aromatic heterocycles. The van der Waals surface area contributed by atoms with Crippen LogP contribution in [0.5, 0.6) is 0 Å². The van der Waals surface area contributed by atoms with Crippen LogP contribution in [0.2, 0.25) is 10.3 Å². The van der Waals surface area contributed by atoms with Gasteiger partial charge in [0, 0.05) is 31.9 Å². The largest absolute Gasteiger partial charge is 0.368 e. The first-order valence-corrected chi connectivity index (χ1v) is 5.81. The second-order valence-corrected chi connectivity index (χ2v) is 4.20. The highest BCUT2D eigenvalue weighted by molar-refractivity contribution is 6.33. The van der Waals surface area contributed by atoms with Crippen molar-refractivity contribution in [2.24, 2.45) is 7.05 Å². The summed E-state index contributed by atoms with van der Waals surface area (Å²) >= 11 is 11.6. The molecule has 0 bridgehead atoms. The first kappa shape index (κ1) is 12.1. The molecule has 90 valence electrons. The summed E-state index contributed by atoms with van der Waals surface area (Å²) in [5.74, 6) is 0.550. The van der Waals surface area contributed by atoms with Crippen molar-refractivity contribution in [3.05, 3.63) is 34.5 Å². The quantitative estimate of drug-likeness (QED) is 0.867. The summed E-state index contributed by atoms with van der Waals surface area (Å²) in [4.78, 5) is 7.78. The highest BCUT2D eigenvalue weighted by Crippen LogP contribution is 2.19. The third kappa shape index (κ3) is 3.08. The maximum absolute atomic E-state index is 5.92. The Kier molecular flexibility index (Phi) is 3.81. The topological polar surface area (TPSA) is 55.6 Å². The number of hydrogen-bond acceptors (Lipinski definition) is 4. The Hall–Kier alpha value is -1.33. The third-order valence-electron chi connectivity index (χ3n) is 2.31. The van der Waals surface area contributed by atoms with Crippen molar-refractivity contribution in [1.82, 2.24) is 19.7 Å². The molecule has 2 aromatic rings. The van der Waals surface area contributed by atoms with Crippen LogP contribution in [0.3, 0.4) is 0 Å². The van der Waals surface area contributed by atoms with Gasteiger partial charge in [0.05, 0.1) is 6.20 Å². The van der Waals surface area contributed by atoms with Gasteiger partial charge in [-0.05, 0) is 17.7 Å². The molecule has 7 heteroatoms. The van der Waals surface area contributed by atoms with Gasteiger partial charge in [0.15, 0.2) is 0 Å². The van der Waals surface area contributed by atoms with E-state index in [4.69, 9.17) is 23.2 Å². The summed E-state index contributed by atoms with van der Waals surface area (Å²) in [6.07, 6.45) is 4.07. The van der Waals surface area contributed by atoms with E-state index in [1.807, 2.05) is 17.8 Å². The Morgan fingerprint density at radius 3 is 2.94 bits per heavy atom. The number of aryl methyl sites for hydroxylation is 1. The number of nitrogens with one attached hydrogen (secondary N) is 1. The van der Waals surface area contributed by atoms with Gasteiger partial charge in [0.25, 0.3) is 0 Å². The SMILES string of the molecule is Cn1nccc1CCNc1nc(Cl)ncc1Cl. The summed E-state index contributed by atoms with van der Waals surface area (Å²) in [5.41, 5.74) is 1.13. The molecule has 0 aliphatic carbocycles. The standard InChI is InChI=1S/C10H11Cl2N5/c1-17-7(3-5-15-17)2-4-13-9-8(11)6-14-10(12)16-9/h3,5-6H,2,4H2,1H3,(H,13,14,16). The minimum Gasteiger partial charge on any atom is -0.368 e. The number of aromatic nitrogens is 4. The molecule has 5 nitrogen and oxygen atoms in total. The van der Waals surface area contributed by atoms with Crippen molar-refractivity contribution in [1.29, 1.82) is 0 Å². The fourth-order valence-corrected chi connectivity index (χ4v) is 1.72. The van der Waals surface area contributed by atoms with E-state index in [1.54, 1.807) is 6.20 Å². The van der Waals surface area contributed by atoms with Crippen LogP contribution >= 0.6 is 23.2 Å². The monoisotopic (exact) mass is 271 g/mol. The molecule has 0 aliphatic heterocycles. The molecule has 17 heavy (non-hydrogen) atoms. The molecule has 0 aromatic carbocycles. The van der Waals surface area contributed by atoms with Gasteiger partial charge in [-0.1, -0.05) is 11.6 Å². The van der Waals surface area contributed by atoms with Gasteiger partial charge in [0.2, 0.25) is 5.28 Å². The molecular formula is C10H11Cl2N5. The maximum atomic E-state index is 5.92. The van der Waals surface area contributed by atoms with Gasteiger partial charge in [-0.25, -0.2) is 4.98 Å². The molecule has 0 saturated carbocycles. The summed E-state index contributed by atoms with van der Waals surface area (Å²) in [7, 11) is 1.91. The van der Waals surface area contributed by atoms with Crippen LogP contribution in [-0.2, 0) is 13.5 Å². The lowest BCUT2D eigenvalue weighted by molar-refractivity contribution is 0.711. The normalized spacial score (nSPS) is 10.5. The molecule has 0 radical (unpaired) electrons. The van der Waals surface area contributed by atoms with Crippen molar-refractivity contribution in [2.75, 3.05) is 11.9 Å². The maximum Gasteiger partial charge on any atom is 0.224 e. The summed E-state index contributed by atoms with van der Waals surface area (Å²) in [6.45, 7) is 0.701. The zero-order valence-corrected chi connectivity index (χ0v) is 10.7.